The zero-order valence-corrected chi connectivity index (χ0v) is 10.2. The minimum Gasteiger partial charge on any atom is -0.392 e. The lowest BCUT2D eigenvalue weighted by Gasteiger charge is -2.01. The van der Waals surface area contributed by atoms with Gasteiger partial charge in [-0.15, -0.1) is 0 Å². The Hall–Kier alpha value is -2.26. The molecule has 6 nitrogen and oxygen atoms in total. The minimum atomic E-state index is -0.625. The molecule has 0 spiro atoms. The smallest absolute Gasteiger partial charge is 0.294 e. The van der Waals surface area contributed by atoms with E-state index in [0.29, 0.717) is 0 Å². The topological polar surface area (TPSA) is 98.3 Å². The van der Waals surface area contributed by atoms with Gasteiger partial charge in [-0.05, 0) is 6.07 Å². The van der Waals surface area contributed by atoms with Crippen LogP contribution in [0.5, 0.6) is 0 Å². The Bertz CT molecular complexity index is 561. The minimum absolute atomic E-state index is 0.0419. The van der Waals surface area contributed by atoms with Gasteiger partial charge in [-0.3, -0.25) is 14.9 Å². The first-order chi connectivity index (χ1) is 8.41. The zero-order valence-electron chi connectivity index (χ0n) is 9.49. The lowest BCUT2D eigenvalue weighted by molar-refractivity contribution is -0.383. The number of nitro groups is 1. The van der Waals surface area contributed by atoms with Crippen molar-refractivity contribution in [3.63, 3.8) is 0 Å². The third-order valence-corrected chi connectivity index (χ3v) is 2.19. The van der Waals surface area contributed by atoms with Crippen LogP contribution in [0.15, 0.2) is 12.1 Å². The second kappa shape index (κ2) is 5.89. The number of nitro benzene ring substituents is 1. The quantitative estimate of drug-likeness (QED) is 0.365. The van der Waals surface area contributed by atoms with Gasteiger partial charge in [0.1, 0.15) is 5.69 Å². The molecule has 0 radical (unpaired) electrons. The van der Waals surface area contributed by atoms with Gasteiger partial charge in [-0.1, -0.05) is 23.4 Å². The predicted molar refractivity (Wildman–Crippen MR) is 68.1 cm³/mol. The SMILES string of the molecule is CC(=O)NCC#Cc1cc(Cl)cc([N+](=O)[O-])c1N. The van der Waals surface area contributed by atoms with Crippen LogP contribution in [0.2, 0.25) is 5.02 Å². The fourth-order valence-corrected chi connectivity index (χ4v) is 1.38. The molecule has 18 heavy (non-hydrogen) atoms. The van der Waals surface area contributed by atoms with Crippen LogP contribution in [0.3, 0.4) is 0 Å². The van der Waals surface area contributed by atoms with Crippen molar-refractivity contribution in [2.24, 2.45) is 0 Å². The summed E-state index contributed by atoms with van der Waals surface area (Å²) in [5.74, 6) is 5.04. The summed E-state index contributed by atoms with van der Waals surface area (Å²) in [5, 5.41) is 13.4. The highest BCUT2D eigenvalue weighted by atomic mass is 35.5. The molecule has 1 amide bonds. The van der Waals surface area contributed by atoms with Crippen molar-refractivity contribution >= 4 is 28.9 Å². The maximum absolute atomic E-state index is 10.7. The average Bonchev–Trinajstić information content (AvgIpc) is 2.27. The van der Waals surface area contributed by atoms with E-state index in [2.05, 4.69) is 17.2 Å². The van der Waals surface area contributed by atoms with E-state index in [9.17, 15) is 14.9 Å². The van der Waals surface area contributed by atoms with E-state index in [4.69, 9.17) is 17.3 Å². The molecule has 0 fully saturated rings. The predicted octanol–water partition coefficient (Wildman–Crippen LogP) is 1.32. The highest BCUT2D eigenvalue weighted by molar-refractivity contribution is 6.31. The number of hydrogen-bond acceptors (Lipinski definition) is 4. The lowest BCUT2D eigenvalue weighted by Crippen LogP contribution is -2.19. The number of anilines is 1. The number of halogens is 1. The number of benzene rings is 1. The lowest BCUT2D eigenvalue weighted by atomic mass is 10.1. The van der Waals surface area contributed by atoms with Crippen LogP contribution in [0.4, 0.5) is 11.4 Å². The number of carbonyl (C=O) groups is 1. The molecule has 0 saturated heterocycles. The van der Waals surface area contributed by atoms with Gasteiger partial charge in [-0.25, -0.2) is 0 Å². The largest absolute Gasteiger partial charge is 0.392 e. The zero-order chi connectivity index (χ0) is 13.7. The van der Waals surface area contributed by atoms with E-state index in [1.165, 1.54) is 13.0 Å². The van der Waals surface area contributed by atoms with Crippen molar-refractivity contribution < 1.29 is 9.72 Å². The summed E-state index contributed by atoms with van der Waals surface area (Å²) in [6.45, 7) is 1.50. The van der Waals surface area contributed by atoms with E-state index in [0.717, 1.165) is 6.07 Å². The summed E-state index contributed by atoms with van der Waals surface area (Å²) >= 11 is 5.73. The Kier molecular flexibility index (Phi) is 4.52. The Labute approximate surface area is 108 Å². The molecular weight excluding hydrogens is 258 g/mol. The van der Waals surface area contributed by atoms with Crippen molar-refractivity contribution in [3.8, 4) is 11.8 Å². The third-order valence-electron chi connectivity index (χ3n) is 1.97. The number of nitrogens with two attached hydrogens (primary N) is 1. The van der Waals surface area contributed by atoms with Crippen molar-refractivity contribution in [1.29, 1.82) is 0 Å². The van der Waals surface area contributed by atoms with Crippen LogP contribution in [0.1, 0.15) is 12.5 Å². The van der Waals surface area contributed by atoms with E-state index in [1.807, 2.05) is 0 Å². The number of rotatable bonds is 2. The molecule has 0 aliphatic rings. The fraction of sp³-hybridized carbons (Fsp3) is 0.182. The summed E-state index contributed by atoms with van der Waals surface area (Å²) < 4.78 is 0. The molecule has 0 unspecified atom stereocenters. The Morgan fingerprint density at radius 2 is 2.28 bits per heavy atom. The molecule has 1 rings (SSSR count). The molecule has 3 N–H and O–H groups in total. The van der Waals surface area contributed by atoms with Gasteiger partial charge in [0, 0.05) is 18.0 Å². The first-order valence-electron chi connectivity index (χ1n) is 4.88. The number of hydrogen-bond donors (Lipinski definition) is 2. The van der Waals surface area contributed by atoms with Crippen LogP contribution >= 0.6 is 11.6 Å². The molecule has 7 heteroatoms. The van der Waals surface area contributed by atoms with Gasteiger partial charge in [0.25, 0.3) is 5.69 Å². The molecule has 0 aromatic heterocycles. The second-order valence-corrected chi connectivity index (χ2v) is 3.79. The average molecular weight is 268 g/mol. The van der Waals surface area contributed by atoms with Crippen LogP contribution < -0.4 is 11.1 Å². The van der Waals surface area contributed by atoms with Crippen LogP contribution in [-0.2, 0) is 4.79 Å². The summed E-state index contributed by atoms with van der Waals surface area (Å²) in [6.07, 6.45) is 0. The van der Waals surface area contributed by atoms with Crippen molar-refractivity contribution in [2.75, 3.05) is 12.3 Å². The van der Waals surface area contributed by atoms with Crippen LogP contribution in [0, 0.1) is 22.0 Å². The summed E-state index contributed by atoms with van der Waals surface area (Å²) in [7, 11) is 0. The van der Waals surface area contributed by atoms with E-state index in [1.54, 1.807) is 0 Å². The third kappa shape index (κ3) is 3.64. The van der Waals surface area contributed by atoms with E-state index in [-0.39, 0.29) is 34.4 Å². The number of amides is 1. The van der Waals surface area contributed by atoms with Gasteiger partial charge in [-0.2, -0.15) is 0 Å². The molecule has 0 aliphatic carbocycles. The normalized spacial score (nSPS) is 9.22. The molecule has 1 aromatic rings. The number of nitrogen functional groups attached to an aromatic ring is 1. The molecule has 94 valence electrons. The highest BCUT2D eigenvalue weighted by Crippen LogP contribution is 2.28. The molecular formula is C11H10ClN3O3. The summed E-state index contributed by atoms with van der Waals surface area (Å²) in [5.41, 5.74) is 5.54. The summed E-state index contributed by atoms with van der Waals surface area (Å²) in [6, 6.07) is 2.60. The van der Waals surface area contributed by atoms with Gasteiger partial charge < -0.3 is 11.1 Å². The maximum atomic E-state index is 10.7. The maximum Gasteiger partial charge on any atom is 0.294 e. The first-order valence-corrected chi connectivity index (χ1v) is 5.26. The Morgan fingerprint density at radius 1 is 1.61 bits per heavy atom. The standard InChI is InChI=1S/C11H10ClN3O3/c1-7(16)14-4-2-3-8-5-9(12)6-10(11(8)13)15(17)18/h5-6H,4,13H2,1H3,(H,14,16). The monoisotopic (exact) mass is 267 g/mol. The molecule has 0 atom stereocenters. The first kappa shape index (κ1) is 13.8. The molecule has 1 aromatic carbocycles. The van der Waals surface area contributed by atoms with Crippen LogP contribution in [-0.4, -0.2) is 17.4 Å². The fourth-order valence-electron chi connectivity index (χ4n) is 1.17. The van der Waals surface area contributed by atoms with Gasteiger partial charge in [0.05, 0.1) is 17.0 Å². The molecule has 0 heterocycles. The number of nitrogens with zero attached hydrogens (tertiary/aromatic N) is 1. The highest BCUT2D eigenvalue weighted by Gasteiger charge is 2.15. The Morgan fingerprint density at radius 3 is 2.83 bits per heavy atom. The van der Waals surface area contributed by atoms with Crippen molar-refractivity contribution in [2.45, 2.75) is 6.92 Å². The van der Waals surface area contributed by atoms with E-state index < -0.39 is 4.92 Å². The van der Waals surface area contributed by atoms with Gasteiger partial charge >= 0.3 is 0 Å². The second-order valence-electron chi connectivity index (χ2n) is 3.35. The molecule has 0 saturated carbocycles. The number of nitrogens with one attached hydrogen (secondary N) is 1. The Balaban J connectivity index is 3.02. The summed E-state index contributed by atoms with van der Waals surface area (Å²) in [4.78, 5) is 20.7. The number of carbonyl (C=O) groups excluding carboxylic acids is 1. The molecule has 0 bridgehead atoms. The van der Waals surface area contributed by atoms with Gasteiger partial charge in [0.15, 0.2) is 0 Å². The van der Waals surface area contributed by atoms with Crippen molar-refractivity contribution in [1.82, 2.24) is 5.32 Å². The van der Waals surface area contributed by atoms with Crippen LogP contribution in [0.25, 0.3) is 0 Å². The molecule has 0 aliphatic heterocycles. The van der Waals surface area contributed by atoms with Gasteiger partial charge in [0.2, 0.25) is 5.91 Å². The van der Waals surface area contributed by atoms with E-state index >= 15 is 0 Å². The van der Waals surface area contributed by atoms with Crippen molar-refractivity contribution in [3.05, 3.63) is 32.8 Å².